The SMILES string of the molecule is COC(C[C@@H](C)[C@H]1C[C@H](O)[C@@]2(C)C3CC[C@H]4C(C)(C)[C@@H](O[C@H]5CN(C(=O)OC(C)(C)C)CCO5)CC[C@@]45CC35CC[C@]12C)[C@H](OC(C)=O)C(C)(C)O. The number of hydrogen-bond donors (Lipinski definition) is 2. The number of fused-ring (bicyclic) bond motifs is 2. The Morgan fingerprint density at radius 3 is 2.25 bits per heavy atom. The van der Waals surface area contributed by atoms with Crippen LogP contribution < -0.4 is 0 Å². The van der Waals surface area contributed by atoms with E-state index in [0.29, 0.717) is 38.0 Å². The molecule has 10 nitrogen and oxygen atoms in total. The Kier molecular flexibility index (Phi) is 10.3. The number of amides is 1. The molecule has 1 saturated heterocycles. The number of methoxy groups -OCH3 is 1. The zero-order valence-electron chi connectivity index (χ0n) is 34.4. The molecule has 1 heterocycles. The van der Waals surface area contributed by atoms with Gasteiger partial charge in [-0.2, -0.15) is 0 Å². The molecule has 0 bridgehead atoms. The van der Waals surface area contributed by atoms with Gasteiger partial charge in [0.15, 0.2) is 12.4 Å². The maximum absolute atomic E-state index is 12.9. The minimum atomic E-state index is -1.25. The van der Waals surface area contributed by atoms with Gasteiger partial charge in [-0.05, 0) is 138 Å². The summed E-state index contributed by atoms with van der Waals surface area (Å²) in [6.07, 6.45) is 6.94. The standard InChI is InChI=1S/C42H71NO9/c1-25(21-28(48-12)34(38(8,9)47)50-26(2)44)27-22-31(45)40(11)30-14-13-29-37(6,7)32(15-16-41(29)24-42(30,41)18-17-39(27,40)10)51-33-23-43(19-20-49-33)35(46)52-36(3,4)5/h25,27-34,45,47H,13-24H2,1-12H3/t25-,27-,28?,29+,30?,31+,32+,33+,34+,39-,40-,41-,42?/m1/s1. The van der Waals surface area contributed by atoms with Crippen molar-refractivity contribution in [1.29, 1.82) is 0 Å². The van der Waals surface area contributed by atoms with E-state index in [1.54, 1.807) is 25.9 Å². The molecule has 1 aliphatic heterocycles. The van der Waals surface area contributed by atoms with Crippen LogP contribution in [0.2, 0.25) is 0 Å². The Balaban J connectivity index is 1.17. The number of aliphatic hydroxyl groups is 2. The molecule has 0 radical (unpaired) electrons. The van der Waals surface area contributed by atoms with Gasteiger partial charge in [0.2, 0.25) is 0 Å². The molecule has 10 heteroatoms. The van der Waals surface area contributed by atoms with Crippen molar-refractivity contribution in [2.45, 2.75) is 176 Å². The summed E-state index contributed by atoms with van der Waals surface area (Å²) in [6, 6.07) is 0. The van der Waals surface area contributed by atoms with Crippen molar-refractivity contribution in [3.63, 3.8) is 0 Å². The Labute approximate surface area is 313 Å². The minimum Gasteiger partial charge on any atom is -0.457 e. The maximum Gasteiger partial charge on any atom is 0.410 e. The molecule has 52 heavy (non-hydrogen) atoms. The van der Waals surface area contributed by atoms with Gasteiger partial charge >= 0.3 is 12.1 Å². The van der Waals surface area contributed by atoms with Crippen molar-refractivity contribution in [1.82, 2.24) is 4.90 Å². The van der Waals surface area contributed by atoms with E-state index in [1.807, 2.05) is 20.8 Å². The van der Waals surface area contributed by atoms with Crippen LogP contribution in [0.3, 0.4) is 0 Å². The average Bonchev–Trinajstić information content (AvgIpc) is 3.65. The van der Waals surface area contributed by atoms with Gasteiger partial charge in [0.1, 0.15) is 5.60 Å². The molecule has 13 atom stereocenters. The highest BCUT2D eigenvalue weighted by atomic mass is 16.7. The van der Waals surface area contributed by atoms with Gasteiger partial charge < -0.3 is 38.8 Å². The lowest BCUT2D eigenvalue weighted by molar-refractivity contribution is -0.247. The van der Waals surface area contributed by atoms with Gasteiger partial charge in [-0.1, -0.05) is 34.6 Å². The van der Waals surface area contributed by atoms with E-state index in [-0.39, 0.29) is 57.2 Å². The van der Waals surface area contributed by atoms with Gasteiger partial charge in [0.25, 0.3) is 0 Å². The van der Waals surface area contributed by atoms with E-state index in [2.05, 4.69) is 34.6 Å². The number of morpholine rings is 1. The first-order chi connectivity index (χ1) is 24.0. The summed E-state index contributed by atoms with van der Waals surface area (Å²) in [5.41, 5.74) is -1.58. The molecule has 0 aromatic heterocycles. The fourth-order valence-electron chi connectivity index (χ4n) is 13.6. The fraction of sp³-hybridized carbons (Fsp3) is 0.952. The molecule has 0 aromatic carbocycles. The molecular weight excluding hydrogens is 662 g/mol. The van der Waals surface area contributed by atoms with Crippen LogP contribution in [0.15, 0.2) is 0 Å². The van der Waals surface area contributed by atoms with E-state index in [4.69, 9.17) is 23.7 Å². The van der Waals surface area contributed by atoms with Crippen molar-refractivity contribution in [2.75, 3.05) is 26.8 Å². The predicted molar refractivity (Wildman–Crippen MR) is 197 cm³/mol. The maximum atomic E-state index is 12.9. The smallest absolute Gasteiger partial charge is 0.410 e. The van der Waals surface area contributed by atoms with Crippen molar-refractivity contribution < 1.29 is 43.5 Å². The van der Waals surface area contributed by atoms with Crippen LogP contribution in [0.4, 0.5) is 4.79 Å². The molecule has 1 amide bonds. The lowest BCUT2D eigenvalue weighted by Crippen LogP contribution is -2.60. The Morgan fingerprint density at radius 2 is 1.63 bits per heavy atom. The molecule has 2 N–H and O–H groups in total. The highest BCUT2D eigenvalue weighted by molar-refractivity contribution is 5.68. The first-order valence-electron chi connectivity index (χ1n) is 20.3. The van der Waals surface area contributed by atoms with Gasteiger partial charge in [0.05, 0.1) is 37.1 Å². The highest BCUT2D eigenvalue weighted by Gasteiger charge is 2.83. The minimum absolute atomic E-state index is 0.0427. The van der Waals surface area contributed by atoms with E-state index in [9.17, 15) is 19.8 Å². The third kappa shape index (κ3) is 6.34. The topological polar surface area (TPSA) is 124 Å². The summed E-state index contributed by atoms with van der Waals surface area (Å²) >= 11 is 0. The first kappa shape index (κ1) is 40.2. The Hall–Kier alpha value is -1.46. The second-order valence-electron chi connectivity index (χ2n) is 20.6. The monoisotopic (exact) mass is 734 g/mol. The molecule has 298 valence electrons. The third-order valence-electron chi connectivity index (χ3n) is 16.1. The number of ether oxygens (including phenoxy) is 5. The van der Waals surface area contributed by atoms with Crippen LogP contribution >= 0.6 is 0 Å². The third-order valence-corrected chi connectivity index (χ3v) is 16.1. The Bertz CT molecular complexity index is 1360. The summed E-state index contributed by atoms with van der Waals surface area (Å²) < 4.78 is 30.1. The van der Waals surface area contributed by atoms with E-state index >= 15 is 0 Å². The lowest BCUT2D eigenvalue weighted by Gasteiger charge is -2.64. The van der Waals surface area contributed by atoms with Crippen LogP contribution in [0.25, 0.3) is 0 Å². The molecule has 0 aromatic rings. The molecule has 2 spiro atoms. The lowest BCUT2D eigenvalue weighted by atomic mass is 9.41. The van der Waals surface area contributed by atoms with Gasteiger partial charge in [0, 0.05) is 26.0 Å². The van der Waals surface area contributed by atoms with Crippen LogP contribution in [0.5, 0.6) is 0 Å². The molecule has 6 aliphatic rings. The second-order valence-corrected chi connectivity index (χ2v) is 20.6. The average molecular weight is 734 g/mol. The van der Waals surface area contributed by atoms with Crippen molar-refractivity contribution in [2.24, 2.45) is 50.7 Å². The number of nitrogens with zero attached hydrogens (tertiary/aromatic N) is 1. The van der Waals surface area contributed by atoms with E-state index in [0.717, 1.165) is 38.5 Å². The summed E-state index contributed by atoms with van der Waals surface area (Å²) in [6.45, 7) is 23.7. The number of hydrogen-bond acceptors (Lipinski definition) is 9. The van der Waals surface area contributed by atoms with Crippen molar-refractivity contribution in [3.05, 3.63) is 0 Å². The fourth-order valence-corrected chi connectivity index (χ4v) is 13.6. The van der Waals surface area contributed by atoms with Crippen LogP contribution in [-0.2, 0) is 28.5 Å². The number of carbonyl (C=O) groups is 2. The van der Waals surface area contributed by atoms with Crippen LogP contribution in [-0.4, -0.2) is 95.9 Å². The second kappa shape index (κ2) is 13.3. The van der Waals surface area contributed by atoms with E-state index in [1.165, 1.54) is 19.8 Å². The Morgan fingerprint density at radius 1 is 0.981 bits per heavy atom. The van der Waals surface area contributed by atoms with Gasteiger partial charge in [-0.3, -0.25) is 4.79 Å². The summed E-state index contributed by atoms with van der Waals surface area (Å²) in [7, 11) is 1.63. The van der Waals surface area contributed by atoms with Crippen LogP contribution in [0.1, 0.15) is 134 Å². The van der Waals surface area contributed by atoms with Crippen molar-refractivity contribution >= 4 is 12.1 Å². The normalized spacial score (nSPS) is 42.8. The molecule has 3 unspecified atom stereocenters. The summed E-state index contributed by atoms with van der Waals surface area (Å²) in [5.74, 6) is 1.04. The van der Waals surface area contributed by atoms with Gasteiger partial charge in [-0.15, -0.1) is 0 Å². The molecule has 6 rings (SSSR count). The largest absolute Gasteiger partial charge is 0.457 e. The molecule has 5 saturated carbocycles. The molecular formula is C42H71NO9. The molecule has 6 fully saturated rings. The summed E-state index contributed by atoms with van der Waals surface area (Å²) in [5, 5.41) is 23.2. The number of rotatable bonds is 9. The number of aliphatic hydroxyl groups excluding tert-OH is 1. The zero-order valence-corrected chi connectivity index (χ0v) is 34.4. The van der Waals surface area contributed by atoms with Crippen LogP contribution in [0, 0.1) is 50.7 Å². The van der Waals surface area contributed by atoms with Gasteiger partial charge in [-0.25, -0.2) is 4.79 Å². The number of esters is 1. The number of carbonyl (C=O) groups excluding carboxylic acids is 2. The zero-order chi connectivity index (χ0) is 38.4. The first-order valence-corrected chi connectivity index (χ1v) is 20.3. The molecule has 5 aliphatic carbocycles. The highest BCUT2D eigenvalue weighted by Crippen LogP contribution is 2.89. The predicted octanol–water partition coefficient (Wildman–Crippen LogP) is 7.12. The van der Waals surface area contributed by atoms with E-state index < -0.39 is 35.7 Å². The van der Waals surface area contributed by atoms with Crippen molar-refractivity contribution in [3.8, 4) is 0 Å². The quantitative estimate of drug-likeness (QED) is 0.239. The summed E-state index contributed by atoms with van der Waals surface area (Å²) in [4.78, 5) is 26.6.